The fourth-order valence-electron chi connectivity index (χ4n) is 4.78. The summed E-state index contributed by atoms with van der Waals surface area (Å²) in [6.07, 6.45) is 2.79. The van der Waals surface area contributed by atoms with Crippen molar-refractivity contribution in [1.29, 1.82) is 0 Å². The first-order valence-electron chi connectivity index (χ1n) is 10.9. The van der Waals surface area contributed by atoms with Gasteiger partial charge in [0.05, 0.1) is 0 Å². The average Bonchev–Trinajstić information content (AvgIpc) is 3.16. The highest BCUT2D eigenvalue weighted by atomic mass is 16.1. The maximum atomic E-state index is 12.2. The predicted octanol–water partition coefficient (Wildman–Crippen LogP) is 3.42. The standard InChI is InChI=1S/C25H25N5O/c1-29-8-10-30(11-9-29)19-4-2-16(3-5-19)18-13-22-21-12-17-6-7-26-25(31)20(17)14-23(21)28-24(22)27-15-18/h2-5,12-15H,6-11H2,1H3,(H,26,31)(H,27,28). The van der Waals surface area contributed by atoms with E-state index in [1.807, 2.05) is 12.3 Å². The number of H-pyrrole nitrogens is 1. The molecule has 0 aliphatic carbocycles. The molecule has 156 valence electrons. The number of aromatic amines is 1. The fourth-order valence-corrected chi connectivity index (χ4v) is 4.78. The number of pyridine rings is 1. The zero-order valence-electron chi connectivity index (χ0n) is 17.6. The molecular formula is C25H25N5O. The molecule has 1 amide bonds. The number of anilines is 1. The van der Waals surface area contributed by atoms with Gasteiger partial charge in [0.15, 0.2) is 0 Å². The van der Waals surface area contributed by atoms with Gasteiger partial charge in [-0.15, -0.1) is 0 Å². The van der Waals surface area contributed by atoms with E-state index < -0.39 is 0 Å². The number of amides is 1. The maximum absolute atomic E-state index is 12.2. The highest BCUT2D eigenvalue weighted by molar-refractivity contribution is 6.10. The van der Waals surface area contributed by atoms with Crippen LogP contribution in [0.25, 0.3) is 33.1 Å². The minimum atomic E-state index is 0.0101. The average molecular weight is 412 g/mol. The molecule has 0 saturated carbocycles. The van der Waals surface area contributed by atoms with E-state index in [0.717, 1.165) is 71.2 Å². The first-order chi connectivity index (χ1) is 15.2. The molecule has 0 radical (unpaired) electrons. The highest BCUT2D eigenvalue weighted by Crippen LogP contribution is 2.32. The van der Waals surface area contributed by atoms with Crippen molar-refractivity contribution in [2.24, 2.45) is 0 Å². The van der Waals surface area contributed by atoms with Crippen LogP contribution >= 0.6 is 0 Å². The van der Waals surface area contributed by atoms with Gasteiger partial charge in [-0.25, -0.2) is 4.98 Å². The number of aromatic nitrogens is 2. The third-order valence-corrected chi connectivity index (χ3v) is 6.67. The van der Waals surface area contributed by atoms with Crippen LogP contribution in [0.3, 0.4) is 0 Å². The summed E-state index contributed by atoms with van der Waals surface area (Å²) in [4.78, 5) is 25.1. The lowest BCUT2D eigenvalue weighted by Gasteiger charge is -2.34. The quantitative estimate of drug-likeness (QED) is 0.531. The van der Waals surface area contributed by atoms with E-state index in [4.69, 9.17) is 0 Å². The number of benzene rings is 2. The van der Waals surface area contributed by atoms with E-state index in [-0.39, 0.29) is 5.91 Å². The van der Waals surface area contributed by atoms with Crippen LogP contribution in [0.2, 0.25) is 0 Å². The Morgan fingerprint density at radius 3 is 2.55 bits per heavy atom. The smallest absolute Gasteiger partial charge is 0.251 e. The van der Waals surface area contributed by atoms with Gasteiger partial charge in [0.25, 0.3) is 5.91 Å². The number of carbonyl (C=O) groups excluding carboxylic acids is 1. The molecule has 4 aromatic rings. The van der Waals surface area contributed by atoms with Gasteiger partial charge in [0, 0.05) is 72.0 Å². The van der Waals surface area contributed by atoms with E-state index in [0.29, 0.717) is 6.54 Å². The zero-order valence-corrected chi connectivity index (χ0v) is 17.6. The minimum Gasteiger partial charge on any atom is -0.369 e. The second kappa shape index (κ2) is 7.10. The predicted molar refractivity (Wildman–Crippen MR) is 125 cm³/mol. The lowest BCUT2D eigenvalue weighted by Crippen LogP contribution is -2.44. The van der Waals surface area contributed by atoms with Crippen LogP contribution in [0.5, 0.6) is 0 Å². The molecular weight excluding hydrogens is 386 g/mol. The van der Waals surface area contributed by atoms with Crippen molar-refractivity contribution in [3.63, 3.8) is 0 Å². The molecule has 0 bridgehead atoms. The number of rotatable bonds is 2. The molecule has 1 fully saturated rings. The van der Waals surface area contributed by atoms with E-state index in [1.165, 1.54) is 11.3 Å². The number of nitrogens with one attached hydrogen (secondary N) is 2. The summed E-state index contributed by atoms with van der Waals surface area (Å²) in [7, 11) is 2.18. The van der Waals surface area contributed by atoms with Gasteiger partial charge in [0.2, 0.25) is 0 Å². The van der Waals surface area contributed by atoms with Crippen LogP contribution in [0.15, 0.2) is 48.7 Å². The topological polar surface area (TPSA) is 64.3 Å². The summed E-state index contributed by atoms with van der Waals surface area (Å²) in [5.74, 6) is 0.0101. The lowest BCUT2D eigenvalue weighted by atomic mass is 9.97. The summed E-state index contributed by atoms with van der Waals surface area (Å²) in [5, 5.41) is 5.16. The normalized spacial score (nSPS) is 17.2. The van der Waals surface area contributed by atoms with Crippen molar-refractivity contribution in [2.45, 2.75) is 6.42 Å². The molecule has 6 nitrogen and oxygen atoms in total. The Morgan fingerprint density at radius 2 is 1.74 bits per heavy atom. The van der Waals surface area contributed by atoms with Gasteiger partial charge < -0.3 is 20.1 Å². The van der Waals surface area contributed by atoms with Gasteiger partial charge in [-0.3, -0.25) is 4.79 Å². The Hall–Kier alpha value is -3.38. The van der Waals surface area contributed by atoms with Crippen molar-refractivity contribution < 1.29 is 4.79 Å². The molecule has 2 aromatic carbocycles. The van der Waals surface area contributed by atoms with Crippen LogP contribution in [-0.2, 0) is 6.42 Å². The van der Waals surface area contributed by atoms with Crippen LogP contribution in [0.4, 0.5) is 5.69 Å². The Labute approximate surface area is 180 Å². The summed E-state index contributed by atoms with van der Waals surface area (Å²) >= 11 is 0. The van der Waals surface area contributed by atoms with Gasteiger partial charge in [-0.05, 0) is 54.9 Å². The molecule has 2 aliphatic heterocycles. The first-order valence-corrected chi connectivity index (χ1v) is 10.9. The zero-order chi connectivity index (χ0) is 20.9. The Bertz CT molecular complexity index is 1300. The van der Waals surface area contributed by atoms with E-state index >= 15 is 0 Å². The number of carbonyl (C=O) groups is 1. The molecule has 2 aliphatic rings. The third kappa shape index (κ3) is 3.15. The van der Waals surface area contributed by atoms with E-state index in [1.54, 1.807) is 0 Å². The summed E-state index contributed by atoms with van der Waals surface area (Å²) < 4.78 is 0. The fraction of sp³-hybridized carbons (Fsp3) is 0.280. The molecule has 2 aromatic heterocycles. The van der Waals surface area contributed by atoms with Crippen molar-refractivity contribution in [2.75, 3.05) is 44.7 Å². The highest BCUT2D eigenvalue weighted by Gasteiger charge is 2.19. The molecule has 0 atom stereocenters. The summed E-state index contributed by atoms with van der Waals surface area (Å²) in [6.45, 7) is 5.05. The monoisotopic (exact) mass is 411 g/mol. The lowest BCUT2D eigenvalue weighted by molar-refractivity contribution is 0.0946. The van der Waals surface area contributed by atoms with Crippen molar-refractivity contribution in [3.05, 3.63) is 59.8 Å². The number of nitrogens with zero attached hydrogens (tertiary/aromatic N) is 3. The Balaban J connectivity index is 1.37. The third-order valence-electron chi connectivity index (χ3n) is 6.67. The number of piperazine rings is 1. The van der Waals surface area contributed by atoms with Crippen LogP contribution in [0, 0.1) is 0 Å². The minimum absolute atomic E-state index is 0.0101. The number of hydrogen-bond acceptors (Lipinski definition) is 4. The van der Waals surface area contributed by atoms with Gasteiger partial charge in [-0.2, -0.15) is 0 Å². The largest absolute Gasteiger partial charge is 0.369 e. The molecule has 2 N–H and O–H groups in total. The number of hydrogen-bond donors (Lipinski definition) is 2. The van der Waals surface area contributed by atoms with E-state index in [9.17, 15) is 4.79 Å². The number of fused-ring (bicyclic) bond motifs is 4. The molecule has 6 rings (SSSR count). The van der Waals surface area contributed by atoms with E-state index in [2.05, 4.69) is 68.5 Å². The van der Waals surface area contributed by atoms with Gasteiger partial charge in [0.1, 0.15) is 5.65 Å². The second-order valence-corrected chi connectivity index (χ2v) is 8.64. The summed E-state index contributed by atoms with van der Waals surface area (Å²) in [5.41, 5.74) is 7.25. The second-order valence-electron chi connectivity index (χ2n) is 8.64. The SMILES string of the molecule is CN1CCN(c2ccc(-c3cnc4[nH]c5cc6c(cc5c4c3)CCNC6=O)cc2)CC1. The molecule has 0 spiro atoms. The van der Waals surface area contributed by atoms with Gasteiger partial charge in [-0.1, -0.05) is 12.1 Å². The van der Waals surface area contributed by atoms with Crippen molar-refractivity contribution in [1.82, 2.24) is 20.2 Å². The van der Waals surface area contributed by atoms with Crippen molar-refractivity contribution >= 4 is 33.5 Å². The molecule has 6 heteroatoms. The van der Waals surface area contributed by atoms with Crippen LogP contribution < -0.4 is 10.2 Å². The molecule has 0 unspecified atom stereocenters. The Kier molecular flexibility index (Phi) is 4.21. The Morgan fingerprint density at radius 1 is 0.935 bits per heavy atom. The molecule has 4 heterocycles. The first kappa shape index (κ1) is 18.4. The van der Waals surface area contributed by atoms with Crippen LogP contribution in [-0.4, -0.2) is 60.5 Å². The van der Waals surface area contributed by atoms with Gasteiger partial charge >= 0.3 is 0 Å². The van der Waals surface area contributed by atoms with Crippen molar-refractivity contribution in [3.8, 4) is 11.1 Å². The maximum Gasteiger partial charge on any atom is 0.251 e. The van der Waals surface area contributed by atoms with Crippen LogP contribution in [0.1, 0.15) is 15.9 Å². The molecule has 31 heavy (non-hydrogen) atoms. The molecule has 1 saturated heterocycles. The number of likely N-dealkylation sites (N-methyl/N-ethyl adjacent to an activating group) is 1. The summed E-state index contributed by atoms with van der Waals surface area (Å²) in [6, 6.07) is 15.1.